The molecule has 2 aromatic rings. The molecular weight excluding hydrogens is 362 g/mol. The number of hydrogen-bond acceptors (Lipinski definition) is 5. The van der Waals surface area contributed by atoms with Gasteiger partial charge in [0.05, 0.1) is 13.7 Å². The van der Waals surface area contributed by atoms with Gasteiger partial charge in [-0.25, -0.2) is 0 Å². The first-order chi connectivity index (χ1) is 13.1. The summed E-state index contributed by atoms with van der Waals surface area (Å²) in [6.45, 7) is 4.69. The molecule has 0 N–H and O–H groups in total. The van der Waals surface area contributed by atoms with Gasteiger partial charge in [-0.05, 0) is 41.6 Å². The molecule has 0 aliphatic carbocycles. The quantitative estimate of drug-likeness (QED) is 0.260. The van der Waals surface area contributed by atoms with E-state index in [-0.39, 0.29) is 11.8 Å². The standard InChI is InChI=1S/C20H23N3O3S/c1-4-14-9-10-18(16(11-14)12-22-23-21)25-13-17-15(5-2)7-6-8-19(17)26-20(27)24-3/h6-11H,4-5,12-13H2,1-3H3. The second kappa shape index (κ2) is 10.4. The molecule has 6 nitrogen and oxygen atoms in total. The topological polar surface area (TPSA) is 76.5 Å². The van der Waals surface area contributed by atoms with Crippen molar-refractivity contribution in [1.29, 1.82) is 0 Å². The molecule has 0 spiro atoms. The van der Waals surface area contributed by atoms with Crippen molar-refractivity contribution in [3.8, 4) is 11.5 Å². The lowest BCUT2D eigenvalue weighted by Crippen LogP contribution is -2.11. The lowest BCUT2D eigenvalue weighted by atomic mass is 10.0. The minimum atomic E-state index is 0.0563. The highest BCUT2D eigenvalue weighted by Gasteiger charge is 2.13. The zero-order chi connectivity index (χ0) is 19.6. The number of benzene rings is 2. The number of methoxy groups -OCH3 is 1. The molecule has 0 aliphatic heterocycles. The zero-order valence-corrected chi connectivity index (χ0v) is 16.6. The summed E-state index contributed by atoms with van der Waals surface area (Å²) in [7, 11) is 1.47. The van der Waals surface area contributed by atoms with Crippen LogP contribution in [-0.4, -0.2) is 12.3 Å². The van der Waals surface area contributed by atoms with Crippen molar-refractivity contribution in [2.45, 2.75) is 39.8 Å². The van der Waals surface area contributed by atoms with Crippen molar-refractivity contribution >= 4 is 17.5 Å². The molecule has 0 fully saturated rings. The Bertz CT molecular complexity index is 848. The summed E-state index contributed by atoms with van der Waals surface area (Å²) < 4.78 is 16.6. The first-order valence-corrected chi connectivity index (χ1v) is 9.15. The predicted molar refractivity (Wildman–Crippen MR) is 109 cm³/mol. The normalized spacial score (nSPS) is 10.0. The highest BCUT2D eigenvalue weighted by atomic mass is 32.1. The summed E-state index contributed by atoms with van der Waals surface area (Å²) in [5, 5.41) is 3.73. The lowest BCUT2D eigenvalue weighted by molar-refractivity contribution is 0.286. The van der Waals surface area contributed by atoms with E-state index in [9.17, 15) is 0 Å². The van der Waals surface area contributed by atoms with Gasteiger partial charge in [0, 0.05) is 28.3 Å². The van der Waals surface area contributed by atoms with Gasteiger partial charge in [-0.3, -0.25) is 0 Å². The zero-order valence-electron chi connectivity index (χ0n) is 15.8. The van der Waals surface area contributed by atoms with Gasteiger partial charge in [-0.1, -0.05) is 43.2 Å². The Morgan fingerprint density at radius 2 is 1.93 bits per heavy atom. The van der Waals surface area contributed by atoms with Crippen LogP contribution < -0.4 is 9.47 Å². The Labute approximate surface area is 164 Å². The Morgan fingerprint density at radius 1 is 1.11 bits per heavy atom. The highest BCUT2D eigenvalue weighted by Crippen LogP contribution is 2.28. The summed E-state index contributed by atoms with van der Waals surface area (Å²) in [4.78, 5) is 2.85. The highest BCUT2D eigenvalue weighted by molar-refractivity contribution is 7.79. The van der Waals surface area contributed by atoms with Crippen molar-refractivity contribution in [1.82, 2.24) is 0 Å². The number of nitrogens with zero attached hydrogens (tertiary/aromatic N) is 3. The monoisotopic (exact) mass is 385 g/mol. The van der Waals surface area contributed by atoms with Gasteiger partial charge >= 0.3 is 5.24 Å². The third-order valence-electron chi connectivity index (χ3n) is 4.18. The minimum absolute atomic E-state index is 0.0563. The van der Waals surface area contributed by atoms with Crippen molar-refractivity contribution in [3.63, 3.8) is 0 Å². The molecule has 0 saturated carbocycles. The minimum Gasteiger partial charge on any atom is -0.488 e. The SMILES string of the molecule is CCc1ccc(OCc2c(CC)cccc2OC(=S)OC)c(CN=[N+]=[N-])c1. The molecule has 2 rings (SSSR count). The van der Waals surface area contributed by atoms with Crippen LogP contribution in [0.1, 0.15) is 36.1 Å². The van der Waals surface area contributed by atoms with Gasteiger partial charge in [0.15, 0.2) is 0 Å². The molecule has 0 atom stereocenters. The predicted octanol–water partition coefficient (Wildman–Crippen LogP) is 5.51. The maximum absolute atomic E-state index is 8.64. The maximum Gasteiger partial charge on any atom is 0.357 e. The first-order valence-electron chi connectivity index (χ1n) is 8.74. The second-order valence-corrected chi connectivity index (χ2v) is 6.11. The summed E-state index contributed by atoms with van der Waals surface area (Å²) in [6, 6.07) is 11.7. The number of rotatable bonds is 8. The number of ether oxygens (including phenoxy) is 3. The van der Waals surface area contributed by atoms with Crippen LogP contribution >= 0.6 is 12.2 Å². The smallest absolute Gasteiger partial charge is 0.357 e. The Morgan fingerprint density at radius 3 is 2.59 bits per heavy atom. The molecule has 0 unspecified atom stereocenters. The molecule has 0 amide bonds. The van der Waals surface area contributed by atoms with Gasteiger partial charge in [-0.15, -0.1) is 0 Å². The van der Waals surface area contributed by atoms with E-state index in [1.807, 2.05) is 36.4 Å². The van der Waals surface area contributed by atoms with Crippen LogP contribution in [0.4, 0.5) is 0 Å². The Hall–Kier alpha value is -2.76. The average Bonchev–Trinajstić information content (AvgIpc) is 2.71. The first kappa shape index (κ1) is 20.6. The van der Waals surface area contributed by atoms with E-state index in [2.05, 4.69) is 23.9 Å². The summed E-state index contributed by atoms with van der Waals surface area (Å²) in [5.74, 6) is 1.30. The molecule has 0 saturated heterocycles. The Kier molecular flexibility index (Phi) is 7.92. The van der Waals surface area contributed by atoms with Gasteiger partial charge in [0.2, 0.25) is 0 Å². The fraction of sp³-hybridized carbons (Fsp3) is 0.350. The van der Waals surface area contributed by atoms with E-state index in [0.717, 1.165) is 35.1 Å². The largest absolute Gasteiger partial charge is 0.488 e. The fourth-order valence-corrected chi connectivity index (χ4v) is 2.80. The number of azide groups is 1. The van der Waals surface area contributed by atoms with Gasteiger partial charge in [-0.2, -0.15) is 0 Å². The second-order valence-electron chi connectivity index (χ2n) is 5.78. The third-order valence-corrected chi connectivity index (χ3v) is 4.43. The van der Waals surface area contributed by atoms with Crippen LogP contribution in [0.3, 0.4) is 0 Å². The van der Waals surface area contributed by atoms with Gasteiger partial charge in [0.25, 0.3) is 0 Å². The van der Waals surface area contributed by atoms with E-state index in [4.69, 9.17) is 32.0 Å². The van der Waals surface area contributed by atoms with Crippen molar-refractivity contribution < 1.29 is 14.2 Å². The molecule has 0 aliphatic rings. The van der Waals surface area contributed by atoms with E-state index in [1.54, 1.807) is 0 Å². The van der Waals surface area contributed by atoms with E-state index in [0.29, 0.717) is 18.1 Å². The molecule has 7 heteroatoms. The van der Waals surface area contributed by atoms with Crippen LogP contribution in [0.15, 0.2) is 41.5 Å². The third kappa shape index (κ3) is 5.61. The van der Waals surface area contributed by atoms with Crippen molar-refractivity contribution in [3.05, 3.63) is 69.1 Å². The molecule has 27 heavy (non-hydrogen) atoms. The number of aryl methyl sites for hydroxylation is 2. The lowest BCUT2D eigenvalue weighted by Gasteiger charge is -2.17. The van der Waals surface area contributed by atoms with Crippen LogP contribution in [0.2, 0.25) is 0 Å². The molecule has 2 aromatic carbocycles. The van der Waals surface area contributed by atoms with Gasteiger partial charge < -0.3 is 14.2 Å². The summed E-state index contributed by atoms with van der Waals surface area (Å²) in [6.07, 6.45) is 1.73. The van der Waals surface area contributed by atoms with Crippen molar-refractivity contribution in [2.24, 2.45) is 5.11 Å². The van der Waals surface area contributed by atoms with E-state index in [1.165, 1.54) is 7.11 Å². The van der Waals surface area contributed by atoms with Crippen LogP contribution in [0.5, 0.6) is 11.5 Å². The van der Waals surface area contributed by atoms with Gasteiger partial charge in [0.1, 0.15) is 18.1 Å². The molecule has 0 bridgehead atoms. The number of hydrogen-bond donors (Lipinski definition) is 0. The number of thiocarbonyl (C=S) groups is 1. The molecule has 0 heterocycles. The van der Waals surface area contributed by atoms with Crippen molar-refractivity contribution in [2.75, 3.05) is 7.11 Å². The van der Waals surface area contributed by atoms with Crippen LogP contribution in [0.25, 0.3) is 10.4 Å². The molecule has 142 valence electrons. The van der Waals surface area contributed by atoms with E-state index < -0.39 is 0 Å². The van der Waals surface area contributed by atoms with Crippen LogP contribution in [-0.2, 0) is 30.7 Å². The molecule has 0 aromatic heterocycles. The fourth-order valence-electron chi connectivity index (χ4n) is 2.71. The van der Waals surface area contributed by atoms with Crippen LogP contribution in [0, 0.1) is 0 Å². The Balaban J connectivity index is 2.30. The summed E-state index contributed by atoms with van der Waals surface area (Å²) >= 11 is 5.02. The molecule has 0 radical (unpaired) electrons. The average molecular weight is 385 g/mol. The maximum atomic E-state index is 8.64. The van der Waals surface area contributed by atoms with E-state index >= 15 is 0 Å². The molecular formula is C20H23N3O3S. The summed E-state index contributed by atoms with van der Waals surface area (Å²) in [5.41, 5.74) is 12.7.